The molecule has 2 rings (SSSR count). The fraction of sp³-hybridized carbons (Fsp3) is 0.308. The summed E-state index contributed by atoms with van der Waals surface area (Å²) < 4.78 is 4.97. The average molecular weight is 293 g/mol. The highest BCUT2D eigenvalue weighted by molar-refractivity contribution is 7.09. The summed E-state index contributed by atoms with van der Waals surface area (Å²) in [4.78, 5) is 14.8. The Morgan fingerprint density at radius 3 is 2.85 bits per heavy atom. The molecule has 2 aromatic rings. The Balaban J connectivity index is 1.99. The van der Waals surface area contributed by atoms with Crippen molar-refractivity contribution in [3.63, 3.8) is 0 Å². The molecule has 7 heteroatoms. The van der Waals surface area contributed by atoms with Crippen molar-refractivity contribution in [3.05, 3.63) is 50.0 Å². The highest BCUT2D eigenvalue weighted by Gasteiger charge is 2.14. The predicted molar refractivity (Wildman–Crippen MR) is 77.0 cm³/mol. The molecule has 20 heavy (non-hydrogen) atoms. The van der Waals surface area contributed by atoms with Gasteiger partial charge in [0, 0.05) is 24.5 Å². The van der Waals surface area contributed by atoms with Crippen molar-refractivity contribution in [1.29, 1.82) is 0 Å². The van der Waals surface area contributed by atoms with Gasteiger partial charge >= 0.3 is 5.69 Å². The molecule has 1 heterocycles. The molecular weight excluding hydrogens is 278 g/mol. The minimum absolute atomic E-state index is 0.0173. The van der Waals surface area contributed by atoms with E-state index in [4.69, 9.17) is 4.74 Å². The monoisotopic (exact) mass is 293 g/mol. The molecule has 0 fully saturated rings. The number of aryl methyl sites for hydroxylation is 1. The van der Waals surface area contributed by atoms with Gasteiger partial charge in [-0.1, -0.05) is 6.07 Å². The molecule has 0 saturated heterocycles. The maximum absolute atomic E-state index is 10.9. The first-order valence-electron chi connectivity index (χ1n) is 6.03. The third-order valence-corrected chi connectivity index (χ3v) is 3.56. The van der Waals surface area contributed by atoms with Crippen molar-refractivity contribution in [2.75, 3.05) is 7.11 Å². The summed E-state index contributed by atoms with van der Waals surface area (Å²) in [6.07, 6.45) is 0. The maximum atomic E-state index is 10.9. The number of methoxy groups -OCH3 is 1. The number of rotatable bonds is 6. The van der Waals surface area contributed by atoms with Gasteiger partial charge in [-0.2, -0.15) is 0 Å². The lowest BCUT2D eigenvalue weighted by Gasteiger charge is -2.06. The van der Waals surface area contributed by atoms with Crippen LogP contribution >= 0.6 is 11.3 Å². The number of thiazole rings is 1. The van der Waals surface area contributed by atoms with Crippen molar-refractivity contribution in [1.82, 2.24) is 10.3 Å². The number of nitro groups is 1. The normalized spacial score (nSPS) is 10.5. The first-order chi connectivity index (χ1) is 9.60. The summed E-state index contributed by atoms with van der Waals surface area (Å²) in [5, 5.41) is 17.2. The number of nitro benzene ring substituents is 1. The van der Waals surface area contributed by atoms with Crippen molar-refractivity contribution in [2.24, 2.45) is 0 Å². The molecule has 0 unspecified atom stereocenters. The van der Waals surface area contributed by atoms with Gasteiger partial charge < -0.3 is 10.1 Å². The lowest BCUT2D eigenvalue weighted by molar-refractivity contribution is -0.385. The van der Waals surface area contributed by atoms with Crippen LogP contribution in [-0.2, 0) is 13.1 Å². The number of hydrogen-bond acceptors (Lipinski definition) is 6. The number of benzene rings is 1. The maximum Gasteiger partial charge on any atom is 0.311 e. The Kier molecular flexibility index (Phi) is 4.65. The summed E-state index contributed by atoms with van der Waals surface area (Å²) in [7, 11) is 1.42. The second-order valence-electron chi connectivity index (χ2n) is 4.22. The van der Waals surface area contributed by atoms with E-state index in [1.807, 2.05) is 18.4 Å². The van der Waals surface area contributed by atoms with Crippen LogP contribution in [0.1, 0.15) is 16.3 Å². The highest BCUT2D eigenvalue weighted by atomic mass is 32.1. The van der Waals surface area contributed by atoms with E-state index in [1.165, 1.54) is 13.2 Å². The molecule has 106 valence electrons. The molecule has 1 aromatic heterocycles. The Morgan fingerprint density at radius 2 is 2.25 bits per heavy atom. The topological polar surface area (TPSA) is 77.3 Å². The minimum Gasteiger partial charge on any atom is -0.490 e. The van der Waals surface area contributed by atoms with Crippen LogP contribution in [0.25, 0.3) is 0 Å². The number of nitrogens with zero attached hydrogens (tertiary/aromatic N) is 2. The Bertz CT molecular complexity index is 613. The zero-order chi connectivity index (χ0) is 14.5. The van der Waals surface area contributed by atoms with Crippen LogP contribution in [0.4, 0.5) is 5.69 Å². The molecule has 0 aliphatic carbocycles. The van der Waals surface area contributed by atoms with Gasteiger partial charge in [-0.15, -0.1) is 11.3 Å². The van der Waals surface area contributed by atoms with E-state index in [9.17, 15) is 10.1 Å². The molecule has 0 radical (unpaired) electrons. The summed E-state index contributed by atoms with van der Waals surface area (Å²) >= 11 is 1.60. The third kappa shape index (κ3) is 3.52. The number of ether oxygens (including phenoxy) is 1. The second kappa shape index (κ2) is 6.44. The summed E-state index contributed by atoms with van der Waals surface area (Å²) in [5.41, 5.74) is 1.80. The van der Waals surface area contributed by atoms with Crippen molar-refractivity contribution in [2.45, 2.75) is 20.0 Å². The first kappa shape index (κ1) is 14.4. The summed E-state index contributed by atoms with van der Waals surface area (Å²) in [6, 6.07) is 4.95. The number of nitrogens with one attached hydrogen (secondary N) is 1. The molecule has 0 aliphatic heterocycles. The van der Waals surface area contributed by atoms with Crippen LogP contribution in [0.3, 0.4) is 0 Å². The van der Waals surface area contributed by atoms with Crippen molar-refractivity contribution >= 4 is 17.0 Å². The van der Waals surface area contributed by atoms with Gasteiger partial charge in [0.05, 0.1) is 22.7 Å². The van der Waals surface area contributed by atoms with Crippen LogP contribution in [0, 0.1) is 17.0 Å². The molecule has 1 aromatic carbocycles. The molecular formula is C13H15N3O3S. The van der Waals surface area contributed by atoms with Gasteiger partial charge in [0.1, 0.15) is 0 Å². The Morgan fingerprint density at radius 1 is 1.45 bits per heavy atom. The van der Waals surface area contributed by atoms with E-state index < -0.39 is 4.92 Å². The standard InChI is InChI=1S/C13H15N3O3S/c1-9-15-11(8-20-9)7-14-6-10-3-4-13(19-2)12(5-10)16(17)18/h3-5,8,14H,6-7H2,1-2H3. The van der Waals surface area contributed by atoms with Gasteiger partial charge in [-0.3, -0.25) is 10.1 Å². The lowest BCUT2D eigenvalue weighted by atomic mass is 10.2. The summed E-state index contributed by atoms with van der Waals surface area (Å²) in [5.74, 6) is 0.272. The molecule has 0 atom stereocenters. The van der Waals surface area contributed by atoms with Gasteiger partial charge in [-0.05, 0) is 18.6 Å². The Labute approximate surface area is 120 Å². The molecule has 0 aliphatic rings. The minimum atomic E-state index is -0.438. The molecule has 0 amide bonds. The van der Waals surface area contributed by atoms with Gasteiger partial charge in [-0.25, -0.2) is 4.98 Å². The largest absolute Gasteiger partial charge is 0.490 e. The van der Waals surface area contributed by atoms with Crippen LogP contribution in [0.5, 0.6) is 5.75 Å². The van der Waals surface area contributed by atoms with E-state index in [1.54, 1.807) is 17.4 Å². The molecule has 6 nitrogen and oxygen atoms in total. The van der Waals surface area contributed by atoms with Gasteiger partial charge in [0.2, 0.25) is 0 Å². The van der Waals surface area contributed by atoms with Gasteiger partial charge in [0.25, 0.3) is 0 Å². The van der Waals surface area contributed by atoms with Crippen LogP contribution < -0.4 is 10.1 Å². The fourth-order valence-corrected chi connectivity index (χ4v) is 2.43. The van der Waals surface area contributed by atoms with Crippen LogP contribution in [0.2, 0.25) is 0 Å². The molecule has 1 N–H and O–H groups in total. The third-order valence-electron chi connectivity index (χ3n) is 2.74. The van der Waals surface area contributed by atoms with Crippen molar-refractivity contribution in [3.8, 4) is 5.75 Å². The molecule has 0 spiro atoms. The highest BCUT2D eigenvalue weighted by Crippen LogP contribution is 2.27. The smallest absolute Gasteiger partial charge is 0.311 e. The Hall–Kier alpha value is -1.99. The van der Waals surface area contributed by atoms with Crippen molar-refractivity contribution < 1.29 is 9.66 Å². The van der Waals surface area contributed by atoms with Crippen LogP contribution in [0.15, 0.2) is 23.6 Å². The van der Waals surface area contributed by atoms with E-state index in [2.05, 4.69) is 10.3 Å². The molecule has 0 saturated carbocycles. The van der Waals surface area contributed by atoms with Gasteiger partial charge in [0.15, 0.2) is 5.75 Å². The van der Waals surface area contributed by atoms with E-state index in [0.717, 1.165) is 16.3 Å². The second-order valence-corrected chi connectivity index (χ2v) is 5.29. The fourth-order valence-electron chi connectivity index (χ4n) is 1.81. The van der Waals surface area contributed by atoms with Crippen LogP contribution in [-0.4, -0.2) is 17.0 Å². The lowest BCUT2D eigenvalue weighted by Crippen LogP contribution is -2.13. The first-order valence-corrected chi connectivity index (χ1v) is 6.91. The number of hydrogen-bond donors (Lipinski definition) is 1. The van der Waals surface area contributed by atoms with E-state index >= 15 is 0 Å². The zero-order valence-electron chi connectivity index (χ0n) is 11.3. The zero-order valence-corrected chi connectivity index (χ0v) is 12.1. The average Bonchev–Trinajstić information content (AvgIpc) is 2.84. The SMILES string of the molecule is COc1ccc(CNCc2csc(C)n2)cc1[N+](=O)[O-]. The molecule has 0 bridgehead atoms. The van der Waals surface area contributed by atoms with E-state index in [-0.39, 0.29) is 11.4 Å². The predicted octanol–water partition coefficient (Wildman–Crippen LogP) is 2.66. The summed E-state index contributed by atoms with van der Waals surface area (Å²) in [6.45, 7) is 3.15. The quantitative estimate of drug-likeness (QED) is 0.654. The number of aromatic nitrogens is 1. The van der Waals surface area contributed by atoms with E-state index in [0.29, 0.717) is 13.1 Å².